The first kappa shape index (κ1) is 11.7. The predicted molar refractivity (Wildman–Crippen MR) is 59.1 cm³/mol. The van der Waals surface area contributed by atoms with E-state index in [4.69, 9.17) is 5.73 Å². The molecule has 0 radical (unpaired) electrons. The number of pyridine rings is 1. The van der Waals surface area contributed by atoms with Gasteiger partial charge in [-0.2, -0.15) is 0 Å². The topological polar surface area (TPSA) is 68.0 Å². The summed E-state index contributed by atoms with van der Waals surface area (Å²) in [7, 11) is 0. The SMILES string of the molecule is CC(C)NC(=O)CC(N)c1cccnc1. The smallest absolute Gasteiger partial charge is 0.222 e. The maximum Gasteiger partial charge on any atom is 0.222 e. The van der Waals surface area contributed by atoms with Crippen molar-refractivity contribution in [2.75, 3.05) is 0 Å². The number of aromatic nitrogens is 1. The quantitative estimate of drug-likeness (QED) is 0.773. The molecule has 0 aromatic carbocycles. The number of amides is 1. The predicted octanol–water partition coefficient (Wildman–Crippen LogP) is 0.996. The van der Waals surface area contributed by atoms with E-state index in [0.717, 1.165) is 5.56 Å². The lowest BCUT2D eigenvalue weighted by Gasteiger charge is -2.13. The molecule has 82 valence electrons. The Kier molecular flexibility index (Phi) is 4.24. The van der Waals surface area contributed by atoms with Gasteiger partial charge in [0.25, 0.3) is 0 Å². The molecule has 0 aliphatic heterocycles. The lowest BCUT2D eigenvalue weighted by atomic mass is 10.1. The minimum absolute atomic E-state index is 0.0265. The fraction of sp³-hybridized carbons (Fsp3) is 0.455. The number of nitrogens with two attached hydrogens (primary N) is 1. The molecule has 0 saturated heterocycles. The maximum atomic E-state index is 11.4. The van der Waals surface area contributed by atoms with Crippen molar-refractivity contribution < 1.29 is 4.79 Å². The lowest BCUT2D eigenvalue weighted by Crippen LogP contribution is -2.32. The maximum absolute atomic E-state index is 11.4. The van der Waals surface area contributed by atoms with Crippen LogP contribution in [-0.4, -0.2) is 16.9 Å². The van der Waals surface area contributed by atoms with E-state index in [2.05, 4.69) is 10.3 Å². The molecule has 1 atom stereocenters. The Balaban J connectivity index is 2.49. The number of hydrogen-bond acceptors (Lipinski definition) is 3. The molecule has 0 spiro atoms. The molecule has 4 nitrogen and oxygen atoms in total. The molecule has 1 aromatic rings. The highest BCUT2D eigenvalue weighted by molar-refractivity contribution is 5.77. The lowest BCUT2D eigenvalue weighted by molar-refractivity contribution is -0.121. The van der Waals surface area contributed by atoms with Crippen LogP contribution in [0, 0.1) is 0 Å². The average Bonchev–Trinajstić information content (AvgIpc) is 2.17. The van der Waals surface area contributed by atoms with Crippen molar-refractivity contribution in [1.82, 2.24) is 10.3 Å². The van der Waals surface area contributed by atoms with Gasteiger partial charge in [-0.15, -0.1) is 0 Å². The van der Waals surface area contributed by atoms with Crippen LogP contribution >= 0.6 is 0 Å². The summed E-state index contributed by atoms with van der Waals surface area (Å²) in [5.74, 6) is -0.0265. The normalized spacial score (nSPS) is 12.5. The molecule has 1 rings (SSSR count). The van der Waals surface area contributed by atoms with E-state index in [-0.39, 0.29) is 18.0 Å². The van der Waals surface area contributed by atoms with Crippen LogP contribution in [0.25, 0.3) is 0 Å². The van der Waals surface area contributed by atoms with Crippen molar-refractivity contribution in [3.05, 3.63) is 30.1 Å². The summed E-state index contributed by atoms with van der Waals surface area (Å²) in [5, 5.41) is 2.80. The van der Waals surface area contributed by atoms with Crippen LogP contribution < -0.4 is 11.1 Å². The molecule has 0 saturated carbocycles. The number of nitrogens with one attached hydrogen (secondary N) is 1. The molecular formula is C11H17N3O. The Morgan fingerprint density at radius 3 is 2.87 bits per heavy atom. The van der Waals surface area contributed by atoms with Crippen LogP contribution in [0.1, 0.15) is 31.9 Å². The van der Waals surface area contributed by atoms with Gasteiger partial charge in [0.1, 0.15) is 0 Å². The van der Waals surface area contributed by atoms with Gasteiger partial charge in [0.15, 0.2) is 0 Å². The Labute approximate surface area is 89.9 Å². The molecule has 1 aromatic heterocycles. The van der Waals surface area contributed by atoms with Crippen molar-refractivity contribution in [3.63, 3.8) is 0 Å². The first-order chi connectivity index (χ1) is 7.09. The van der Waals surface area contributed by atoms with E-state index in [1.54, 1.807) is 12.4 Å². The Morgan fingerprint density at radius 2 is 2.33 bits per heavy atom. The second-order valence-corrected chi connectivity index (χ2v) is 3.82. The van der Waals surface area contributed by atoms with Gasteiger partial charge in [-0.25, -0.2) is 0 Å². The van der Waals surface area contributed by atoms with Gasteiger partial charge >= 0.3 is 0 Å². The van der Waals surface area contributed by atoms with E-state index in [1.165, 1.54) is 0 Å². The van der Waals surface area contributed by atoms with Crippen molar-refractivity contribution >= 4 is 5.91 Å². The molecule has 0 fully saturated rings. The summed E-state index contributed by atoms with van der Waals surface area (Å²) >= 11 is 0. The van der Waals surface area contributed by atoms with Gasteiger partial charge in [0, 0.05) is 30.9 Å². The molecule has 15 heavy (non-hydrogen) atoms. The second kappa shape index (κ2) is 5.46. The van der Waals surface area contributed by atoms with Crippen LogP contribution in [0.5, 0.6) is 0 Å². The van der Waals surface area contributed by atoms with Gasteiger partial charge in [0.2, 0.25) is 5.91 Å². The largest absolute Gasteiger partial charge is 0.354 e. The van der Waals surface area contributed by atoms with Gasteiger partial charge in [0.05, 0.1) is 0 Å². The Hall–Kier alpha value is -1.42. The third-order valence-corrected chi connectivity index (χ3v) is 1.97. The fourth-order valence-electron chi connectivity index (χ4n) is 1.29. The zero-order valence-electron chi connectivity index (χ0n) is 9.10. The highest BCUT2D eigenvalue weighted by Crippen LogP contribution is 2.11. The number of hydrogen-bond donors (Lipinski definition) is 2. The highest BCUT2D eigenvalue weighted by atomic mass is 16.1. The second-order valence-electron chi connectivity index (χ2n) is 3.82. The monoisotopic (exact) mass is 207 g/mol. The zero-order valence-corrected chi connectivity index (χ0v) is 9.10. The summed E-state index contributed by atoms with van der Waals surface area (Å²) in [6.07, 6.45) is 3.67. The molecule has 1 heterocycles. The summed E-state index contributed by atoms with van der Waals surface area (Å²) in [6.45, 7) is 3.85. The van der Waals surface area contributed by atoms with Crippen LogP contribution in [0.2, 0.25) is 0 Å². The minimum Gasteiger partial charge on any atom is -0.354 e. The molecule has 0 bridgehead atoms. The fourth-order valence-corrected chi connectivity index (χ4v) is 1.29. The van der Waals surface area contributed by atoms with Gasteiger partial charge in [-0.3, -0.25) is 9.78 Å². The summed E-state index contributed by atoms with van der Waals surface area (Å²) in [4.78, 5) is 15.4. The molecule has 1 unspecified atom stereocenters. The van der Waals surface area contributed by atoms with Crippen molar-refractivity contribution in [2.24, 2.45) is 5.73 Å². The van der Waals surface area contributed by atoms with Crippen LogP contribution in [-0.2, 0) is 4.79 Å². The van der Waals surface area contributed by atoms with E-state index in [9.17, 15) is 4.79 Å². The Morgan fingerprint density at radius 1 is 1.60 bits per heavy atom. The molecule has 1 amide bonds. The minimum atomic E-state index is -0.280. The molecular weight excluding hydrogens is 190 g/mol. The van der Waals surface area contributed by atoms with Crippen molar-refractivity contribution in [3.8, 4) is 0 Å². The first-order valence-electron chi connectivity index (χ1n) is 5.04. The van der Waals surface area contributed by atoms with Crippen molar-refractivity contribution in [1.29, 1.82) is 0 Å². The number of carbonyl (C=O) groups is 1. The number of carbonyl (C=O) groups excluding carboxylic acids is 1. The zero-order chi connectivity index (χ0) is 11.3. The van der Waals surface area contributed by atoms with Gasteiger partial charge in [-0.05, 0) is 25.5 Å². The number of nitrogens with zero attached hydrogens (tertiary/aromatic N) is 1. The third-order valence-electron chi connectivity index (χ3n) is 1.97. The van der Waals surface area contributed by atoms with E-state index < -0.39 is 0 Å². The standard InChI is InChI=1S/C11H17N3O/c1-8(2)14-11(15)6-10(12)9-4-3-5-13-7-9/h3-5,7-8,10H,6,12H2,1-2H3,(H,14,15). The number of rotatable bonds is 4. The van der Waals surface area contributed by atoms with Gasteiger partial charge < -0.3 is 11.1 Å². The molecule has 4 heteroatoms. The van der Waals surface area contributed by atoms with E-state index >= 15 is 0 Å². The summed E-state index contributed by atoms with van der Waals surface area (Å²) in [6, 6.07) is 3.56. The molecule has 0 aliphatic rings. The van der Waals surface area contributed by atoms with Gasteiger partial charge in [-0.1, -0.05) is 6.07 Å². The average molecular weight is 207 g/mol. The van der Waals surface area contributed by atoms with E-state index in [1.807, 2.05) is 26.0 Å². The molecule has 0 aliphatic carbocycles. The van der Waals surface area contributed by atoms with Crippen LogP contribution in [0.15, 0.2) is 24.5 Å². The molecule has 3 N–H and O–H groups in total. The third kappa shape index (κ3) is 4.08. The van der Waals surface area contributed by atoms with Crippen LogP contribution in [0.3, 0.4) is 0 Å². The first-order valence-corrected chi connectivity index (χ1v) is 5.04. The van der Waals surface area contributed by atoms with Crippen LogP contribution in [0.4, 0.5) is 0 Å². The Bertz CT molecular complexity index is 311. The van der Waals surface area contributed by atoms with Crippen molar-refractivity contribution in [2.45, 2.75) is 32.4 Å². The summed E-state index contributed by atoms with van der Waals surface area (Å²) < 4.78 is 0. The van der Waals surface area contributed by atoms with E-state index in [0.29, 0.717) is 6.42 Å². The highest BCUT2D eigenvalue weighted by Gasteiger charge is 2.11. The summed E-state index contributed by atoms with van der Waals surface area (Å²) in [5.41, 5.74) is 6.76.